The zero-order chi connectivity index (χ0) is 23.7. The number of ether oxygens (including phenoxy) is 1. The number of carbonyl (C=O) groups excluding carboxylic acids is 2. The third-order valence-electron chi connectivity index (χ3n) is 6.39. The number of piperidine rings is 1. The minimum Gasteiger partial charge on any atom is -0.507 e. The predicted molar refractivity (Wildman–Crippen MR) is 133 cm³/mol. The van der Waals surface area contributed by atoms with Gasteiger partial charge in [-0.05, 0) is 49.2 Å². The molecule has 8 nitrogen and oxygen atoms in total. The van der Waals surface area contributed by atoms with Crippen LogP contribution in [0.15, 0.2) is 71.0 Å². The first-order valence-electron chi connectivity index (χ1n) is 11.3. The predicted octanol–water partition coefficient (Wildman–Crippen LogP) is 4.47. The summed E-state index contributed by atoms with van der Waals surface area (Å²) in [6.07, 6.45) is 3.85. The molecule has 0 saturated carbocycles. The van der Waals surface area contributed by atoms with Crippen molar-refractivity contribution in [1.82, 2.24) is 10.1 Å². The maximum Gasteiger partial charge on any atom is 0.300 e. The van der Waals surface area contributed by atoms with Crippen LogP contribution in [0.1, 0.15) is 24.8 Å². The van der Waals surface area contributed by atoms with Gasteiger partial charge in [-0.3, -0.25) is 19.4 Å². The van der Waals surface area contributed by atoms with Gasteiger partial charge in [0, 0.05) is 36.0 Å². The molecule has 1 unspecified atom stereocenters. The van der Waals surface area contributed by atoms with Crippen LogP contribution in [0.25, 0.3) is 17.0 Å². The largest absolute Gasteiger partial charge is 0.507 e. The Labute approximate surface area is 209 Å². The van der Waals surface area contributed by atoms with E-state index in [4.69, 9.17) is 9.26 Å². The van der Waals surface area contributed by atoms with Gasteiger partial charge in [-0.25, -0.2) is 0 Å². The van der Waals surface area contributed by atoms with Crippen LogP contribution < -0.4 is 9.64 Å². The van der Waals surface area contributed by atoms with Gasteiger partial charge in [-0.2, -0.15) is 0 Å². The van der Waals surface area contributed by atoms with E-state index in [9.17, 15) is 14.7 Å². The molecule has 0 aliphatic carbocycles. The molecule has 5 rings (SSSR count). The lowest BCUT2D eigenvalue weighted by molar-refractivity contribution is -0.132. The molecule has 2 fully saturated rings. The van der Waals surface area contributed by atoms with E-state index in [2.05, 4.69) is 10.1 Å². The number of likely N-dealkylation sites (tertiary alicyclic amines) is 1. The molecule has 2 aliphatic rings. The van der Waals surface area contributed by atoms with Crippen LogP contribution in [0.4, 0.5) is 5.69 Å². The third kappa shape index (κ3) is 4.54. The quantitative estimate of drug-likeness (QED) is 0.317. The number of hydrogen-bond donors (Lipinski definition) is 1. The molecular weight excluding hydrogens is 470 g/mol. The van der Waals surface area contributed by atoms with Gasteiger partial charge in [-0.1, -0.05) is 23.7 Å². The Kier molecular flexibility index (Phi) is 7.23. The molecule has 1 atom stereocenters. The number of ketones is 1. The number of aliphatic hydroxyl groups excluding tert-OH is 1. The molecule has 0 radical (unpaired) electrons. The molecule has 3 aromatic rings. The van der Waals surface area contributed by atoms with Crippen molar-refractivity contribution in [2.75, 3.05) is 25.1 Å². The first-order valence-corrected chi connectivity index (χ1v) is 11.3. The topological polar surface area (TPSA) is 96.1 Å². The van der Waals surface area contributed by atoms with Crippen LogP contribution in [-0.2, 0) is 9.59 Å². The van der Waals surface area contributed by atoms with E-state index in [1.807, 2.05) is 12.1 Å². The summed E-state index contributed by atoms with van der Waals surface area (Å²) in [5.74, 6) is -0.889. The Bertz CT molecular complexity index is 1220. The van der Waals surface area contributed by atoms with Gasteiger partial charge >= 0.3 is 5.91 Å². The molecule has 1 aromatic heterocycles. The van der Waals surface area contributed by atoms with E-state index in [0.29, 0.717) is 22.7 Å². The fraction of sp³-hybridized carbons (Fsp3) is 0.269. The van der Waals surface area contributed by atoms with E-state index in [-0.39, 0.29) is 23.7 Å². The number of rotatable bonds is 5. The number of Topliss-reactive ketones (excluding diaryl/α,β-unsaturated/α-hetero) is 1. The average Bonchev–Trinajstić information content (AvgIpc) is 3.52. The number of aromatic nitrogens is 1. The number of halogens is 1. The maximum absolute atomic E-state index is 13.3. The molecule has 2 aromatic carbocycles. The first-order chi connectivity index (χ1) is 16.6. The van der Waals surface area contributed by atoms with E-state index >= 15 is 0 Å². The normalized spacial score (nSPS) is 20.0. The van der Waals surface area contributed by atoms with Gasteiger partial charge < -0.3 is 14.4 Å². The van der Waals surface area contributed by atoms with Crippen molar-refractivity contribution < 1.29 is 24.0 Å². The van der Waals surface area contributed by atoms with Crippen LogP contribution >= 0.6 is 12.4 Å². The SMILES string of the molecule is COc1ccc(C(O)=C2C(=O)C(=O)N(c3ccc(-c4ccon4)cc3)C2N2CCCCC2)cc1.Cl. The molecule has 2 saturated heterocycles. The van der Waals surface area contributed by atoms with E-state index in [0.717, 1.165) is 37.9 Å². The molecule has 182 valence electrons. The van der Waals surface area contributed by atoms with Crippen molar-refractivity contribution in [2.24, 2.45) is 0 Å². The number of hydrogen-bond acceptors (Lipinski definition) is 7. The maximum atomic E-state index is 13.3. The van der Waals surface area contributed by atoms with Crippen molar-refractivity contribution in [3.05, 3.63) is 72.0 Å². The lowest BCUT2D eigenvalue weighted by Gasteiger charge is -2.37. The number of benzene rings is 2. The molecule has 0 spiro atoms. The highest BCUT2D eigenvalue weighted by molar-refractivity contribution is 6.51. The minimum absolute atomic E-state index is 0. The Morgan fingerprint density at radius 3 is 2.29 bits per heavy atom. The van der Waals surface area contributed by atoms with Gasteiger partial charge in [0.05, 0.1) is 12.7 Å². The highest BCUT2D eigenvalue weighted by Gasteiger charge is 2.49. The third-order valence-corrected chi connectivity index (χ3v) is 6.39. The highest BCUT2D eigenvalue weighted by Crippen LogP contribution is 2.36. The van der Waals surface area contributed by atoms with Gasteiger partial charge in [0.2, 0.25) is 0 Å². The fourth-order valence-corrected chi connectivity index (χ4v) is 4.64. The van der Waals surface area contributed by atoms with Gasteiger partial charge in [0.1, 0.15) is 29.6 Å². The molecule has 3 heterocycles. The van der Waals surface area contributed by atoms with Crippen LogP contribution in [0.3, 0.4) is 0 Å². The summed E-state index contributed by atoms with van der Waals surface area (Å²) in [7, 11) is 1.56. The van der Waals surface area contributed by atoms with Crippen molar-refractivity contribution in [3.63, 3.8) is 0 Å². The molecule has 9 heteroatoms. The second-order valence-corrected chi connectivity index (χ2v) is 8.40. The lowest BCUT2D eigenvalue weighted by atomic mass is 10.0. The number of carbonyl (C=O) groups is 2. The van der Waals surface area contributed by atoms with Crippen LogP contribution in [-0.4, -0.2) is 53.2 Å². The first kappa shape index (κ1) is 24.5. The number of aliphatic hydroxyl groups is 1. The monoisotopic (exact) mass is 495 g/mol. The van der Waals surface area contributed by atoms with Crippen molar-refractivity contribution in [3.8, 4) is 17.0 Å². The molecule has 1 amide bonds. The highest BCUT2D eigenvalue weighted by atomic mass is 35.5. The van der Waals surface area contributed by atoms with Crippen LogP contribution in [0.2, 0.25) is 0 Å². The molecule has 1 N–H and O–H groups in total. The van der Waals surface area contributed by atoms with Gasteiger partial charge in [0.25, 0.3) is 5.78 Å². The summed E-state index contributed by atoms with van der Waals surface area (Å²) >= 11 is 0. The number of methoxy groups -OCH3 is 1. The molecular formula is C26H26ClN3O5. The fourth-order valence-electron chi connectivity index (χ4n) is 4.64. The summed E-state index contributed by atoms with van der Waals surface area (Å²) in [5, 5.41) is 15.1. The van der Waals surface area contributed by atoms with E-state index in [1.165, 1.54) is 11.2 Å². The summed E-state index contributed by atoms with van der Waals surface area (Å²) in [6.45, 7) is 1.47. The number of amides is 1. The van der Waals surface area contributed by atoms with E-state index < -0.39 is 17.9 Å². The van der Waals surface area contributed by atoms with E-state index in [1.54, 1.807) is 49.6 Å². The second kappa shape index (κ2) is 10.3. The Hall–Kier alpha value is -3.62. The van der Waals surface area contributed by atoms with Crippen molar-refractivity contribution >= 4 is 35.5 Å². The smallest absolute Gasteiger partial charge is 0.300 e. The second-order valence-electron chi connectivity index (χ2n) is 8.40. The minimum atomic E-state index is -0.690. The zero-order valence-corrected chi connectivity index (χ0v) is 20.0. The molecule has 2 aliphatic heterocycles. The van der Waals surface area contributed by atoms with Crippen LogP contribution in [0.5, 0.6) is 5.75 Å². The Morgan fingerprint density at radius 1 is 1.00 bits per heavy atom. The molecule has 0 bridgehead atoms. The van der Waals surface area contributed by atoms with Crippen molar-refractivity contribution in [2.45, 2.75) is 25.4 Å². The average molecular weight is 496 g/mol. The lowest BCUT2D eigenvalue weighted by Crippen LogP contribution is -2.49. The van der Waals surface area contributed by atoms with Crippen LogP contribution in [0, 0.1) is 0 Å². The summed E-state index contributed by atoms with van der Waals surface area (Å²) in [5.41, 5.74) is 2.67. The van der Waals surface area contributed by atoms with Gasteiger partial charge in [-0.15, -0.1) is 12.4 Å². The Morgan fingerprint density at radius 2 is 1.69 bits per heavy atom. The number of nitrogens with zero attached hydrogens (tertiary/aromatic N) is 3. The summed E-state index contributed by atoms with van der Waals surface area (Å²) in [6, 6.07) is 15.8. The summed E-state index contributed by atoms with van der Waals surface area (Å²) in [4.78, 5) is 30.1. The van der Waals surface area contributed by atoms with Crippen molar-refractivity contribution in [1.29, 1.82) is 0 Å². The van der Waals surface area contributed by atoms with Gasteiger partial charge in [0.15, 0.2) is 0 Å². The standard InChI is InChI=1S/C26H25N3O5.ClH/c1-33-20-11-7-18(8-12-20)23(30)22-24(31)26(32)29(25(22)28-14-3-2-4-15-28)19-9-5-17(6-10-19)21-13-16-34-27-21;/h5-13,16,25,30H,2-4,14-15H2,1H3;1H. The zero-order valence-electron chi connectivity index (χ0n) is 19.2. The Balaban J connectivity index is 0.00000289. The number of anilines is 1. The molecule has 35 heavy (non-hydrogen) atoms. The summed E-state index contributed by atoms with van der Waals surface area (Å²) < 4.78 is 10.1.